The van der Waals surface area contributed by atoms with E-state index in [1.165, 1.54) is 0 Å². The molecule has 0 aliphatic rings. The number of aliphatic hydroxyl groups is 1. The van der Waals surface area contributed by atoms with E-state index in [2.05, 4.69) is 26.6 Å². The Balaban J connectivity index is 1.95. The SMILES string of the molecule is CNCC(=O)NC(Cc1cccc(CCCCCCC=O)c1)C(=O)NCC(O)C(=O)NCC(=O)NC(C(=O)OC(C)(C)C)c1ccccc1. The topological polar surface area (TPSA) is 192 Å². The lowest BCUT2D eigenvalue weighted by Crippen LogP contribution is -2.52. The number of hydrogen-bond acceptors (Lipinski definition) is 9. The number of likely N-dealkylation sites (N-methyl/N-ethyl adjacent to an activating group) is 1. The van der Waals surface area contributed by atoms with Crippen molar-refractivity contribution in [2.45, 2.75) is 89.5 Å². The minimum atomic E-state index is -1.70. The highest BCUT2D eigenvalue weighted by atomic mass is 16.6. The smallest absolute Gasteiger partial charge is 0.333 e. The first kappa shape index (κ1) is 40.6. The minimum absolute atomic E-state index is 0.0138. The number of aryl methyl sites for hydroxylation is 1. The third-order valence-corrected chi connectivity index (χ3v) is 7.23. The van der Waals surface area contributed by atoms with Crippen molar-refractivity contribution in [2.75, 3.05) is 26.7 Å². The van der Waals surface area contributed by atoms with Crippen LogP contribution in [0.4, 0.5) is 0 Å². The second-order valence-electron chi connectivity index (χ2n) is 12.7. The van der Waals surface area contributed by atoms with Crippen LogP contribution in [0.2, 0.25) is 0 Å². The summed E-state index contributed by atoms with van der Waals surface area (Å²) in [4.78, 5) is 74.1. The monoisotopic (exact) mass is 681 g/mol. The first-order chi connectivity index (χ1) is 23.3. The number of esters is 1. The van der Waals surface area contributed by atoms with Gasteiger partial charge in [-0.05, 0) is 63.8 Å². The zero-order valence-electron chi connectivity index (χ0n) is 28.9. The molecular formula is C36H51N5O8. The molecule has 0 spiro atoms. The summed E-state index contributed by atoms with van der Waals surface area (Å²) < 4.78 is 5.44. The molecule has 0 saturated carbocycles. The van der Waals surface area contributed by atoms with Crippen LogP contribution in [0.5, 0.6) is 0 Å². The van der Waals surface area contributed by atoms with E-state index >= 15 is 0 Å². The molecular weight excluding hydrogens is 630 g/mol. The van der Waals surface area contributed by atoms with Crippen LogP contribution in [-0.2, 0) is 46.3 Å². The average molecular weight is 682 g/mol. The number of carbonyl (C=O) groups is 6. The maximum absolute atomic E-state index is 13.2. The van der Waals surface area contributed by atoms with E-state index in [1.807, 2.05) is 24.3 Å². The molecule has 0 heterocycles. The Morgan fingerprint density at radius 2 is 1.49 bits per heavy atom. The zero-order valence-corrected chi connectivity index (χ0v) is 28.9. The molecule has 3 atom stereocenters. The summed E-state index contributed by atoms with van der Waals surface area (Å²) in [5.74, 6) is -3.29. The Kier molecular flexibility index (Phi) is 17.7. The Labute approximate surface area is 288 Å². The molecule has 13 heteroatoms. The van der Waals surface area contributed by atoms with Crippen LogP contribution < -0.4 is 26.6 Å². The van der Waals surface area contributed by atoms with Crippen LogP contribution in [0, 0.1) is 0 Å². The fourth-order valence-electron chi connectivity index (χ4n) is 4.87. The zero-order chi connectivity index (χ0) is 36.2. The van der Waals surface area contributed by atoms with Crippen LogP contribution in [0.1, 0.15) is 75.6 Å². The fraction of sp³-hybridized carbons (Fsp3) is 0.500. The van der Waals surface area contributed by atoms with Gasteiger partial charge in [-0.15, -0.1) is 0 Å². The molecule has 2 rings (SSSR count). The molecule has 0 saturated heterocycles. The third kappa shape index (κ3) is 16.4. The second kappa shape index (κ2) is 21.4. The second-order valence-corrected chi connectivity index (χ2v) is 12.7. The van der Waals surface area contributed by atoms with E-state index in [9.17, 15) is 33.9 Å². The molecule has 3 unspecified atom stereocenters. The van der Waals surface area contributed by atoms with E-state index in [-0.39, 0.29) is 13.0 Å². The van der Waals surface area contributed by atoms with Gasteiger partial charge in [0, 0.05) is 12.8 Å². The number of benzene rings is 2. The molecule has 0 aliphatic carbocycles. The van der Waals surface area contributed by atoms with Crippen molar-refractivity contribution < 1.29 is 38.6 Å². The molecule has 0 fully saturated rings. The highest BCUT2D eigenvalue weighted by Crippen LogP contribution is 2.18. The molecule has 6 N–H and O–H groups in total. The van der Waals surface area contributed by atoms with Crippen LogP contribution >= 0.6 is 0 Å². The Morgan fingerprint density at radius 1 is 0.816 bits per heavy atom. The van der Waals surface area contributed by atoms with Gasteiger partial charge in [0.05, 0.1) is 19.6 Å². The number of nitrogens with one attached hydrogen (secondary N) is 5. The van der Waals surface area contributed by atoms with Gasteiger partial charge in [-0.25, -0.2) is 4.79 Å². The quantitative estimate of drug-likeness (QED) is 0.0643. The number of aldehydes is 1. The van der Waals surface area contributed by atoms with Crippen molar-refractivity contribution in [1.29, 1.82) is 0 Å². The maximum atomic E-state index is 13.2. The van der Waals surface area contributed by atoms with Gasteiger partial charge < -0.3 is 41.2 Å². The number of amides is 4. The molecule has 0 aliphatic heterocycles. The van der Waals surface area contributed by atoms with Crippen LogP contribution in [-0.4, -0.2) is 85.4 Å². The van der Waals surface area contributed by atoms with Crippen molar-refractivity contribution in [3.8, 4) is 0 Å². The van der Waals surface area contributed by atoms with Crippen molar-refractivity contribution >= 4 is 35.9 Å². The normalized spacial score (nSPS) is 12.9. The summed E-state index contributed by atoms with van der Waals surface area (Å²) in [5, 5.41) is 23.2. The Hall–Kier alpha value is -4.62. The van der Waals surface area contributed by atoms with Crippen molar-refractivity contribution in [1.82, 2.24) is 26.6 Å². The van der Waals surface area contributed by atoms with Gasteiger partial charge in [0.2, 0.25) is 17.7 Å². The predicted molar refractivity (Wildman–Crippen MR) is 184 cm³/mol. The van der Waals surface area contributed by atoms with Gasteiger partial charge in [0.1, 0.15) is 24.0 Å². The van der Waals surface area contributed by atoms with Gasteiger partial charge in [0.25, 0.3) is 5.91 Å². The van der Waals surface area contributed by atoms with Crippen molar-refractivity contribution in [3.05, 3.63) is 71.3 Å². The molecule has 49 heavy (non-hydrogen) atoms. The number of aliphatic hydroxyl groups excluding tert-OH is 1. The first-order valence-corrected chi connectivity index (χ1v) is 16.6. The maximum Gasteiger partial charge on any atom is 0.333 e. The van der Waals surface area contributed by atoms with Crippen LogP contribution in [0.3, 0.4) is 0 Å². The molecule has 0 radical (unpaired) electrons. The molecule has 4 amide bonds. The Bertz CT molecular complexity index is 1380. The highest BCUT2D eigenvalue weighted by molar-refractivity contribution is 5.91. The lowest BCUT2D eigenvalue weighted by atomic mass is 9.99. The van der Waals surface area contributed by atoms with Gasteiger partial charge in [-0.1, -0.05) is 67.4 Å². The molecule has 13 nitrogen and oxygen atoms in total. The lowest BCUT2D eigenvalue weighted by molar-refractivity contribution is -0.158. The molecule has 0 bridgehead atoms. The molecule has 268 valence electrons. The van der Waals surface area contributed by atoms with Gasteiger partial charge in [-0.3, -0.25) is 19.2 Å². The number of rotatable bonds is 21. The average Bonchev–Trinajstić information content (AvgIpc) is 3.06. The summed E-state index contributed by atoms with van der Waals surface area (Å²) in [6.07, 6.45) is 4.65. The fourth-order valence-corrected chi connectivity index (χ4v) is 4.87. The van der Waals surface area contributed by atoms with E-state index in [4.69, 9.17) is 4.74 Å². The molecule has 0 aromatic heterocycles. The van der Waals surface area contributed by atoms with Crippen molar-refractivity contribution in [3.63, 3.8) is 0 Å². The lowest BCUT2D eigenvalue weighted by Gasteiger charge is -2.25. The number of ether oxygens (including phenoxy) is 1. The number of carbonyl (C=O) groups excluding carboxylic acids is 6. The van der Waals surface area contributed by atoms with E-state index in [0.717, 1.165) is 49.5 Å². The highest BCUT2D eigenvalue weighted by Gasteiger charge is 2.29. The van der Waals surface area contributed by atoms with Gasteiger partial charge in [-0.2, -0.15) is 0 Å². The molecule has 2 aromatic carbocycles. The van der Waals surface area contributed by atoms with Crippen LogP contribution in [0.15, 0.2) is 54.6 Å². The molecule has 2 aromatic rings. The van der Waals surface area contributed by atoms with E-state index in [0.29, 0.717) is 12.0 Å². The summed E-state index contributed by atoms with van der Waals surface area (Å²) in [6.45, 7) is 4.08. The van der Waals surface area contributed by atoms with E-state index in [1.54, 1.807) is 58.2 Å². The van der Waals surface area contributed by atoms with Gasteiger partial charge in [0.15, 0.2) is 6.04 Å². The first-order valence-electron chi connectivity index (χ1n) is 16.6. The standard InChI is InChI=1S/C36H51N5O8/c1-36(2,3)49-35(48)32(27-17-10-8-11-18-27)41-31(45)24-39-34(47)29(43)22-38-33(46)28(40-30(44)23-37-4)21-26-16-13-15-25(20-26)14-9-6-5-7-12-19-42/h8,10-11,13,15-20,28-29,32,37,43H,5-7,9,12,14,21-24H2,1-4H3,(H,38,46)(H,39,47)(H,40,44)(H,41,45). The number of unbranched alkanes of at least 4 members (excludes halogenated alkanes) is 4. The summed E-state index contributed by atoms with van der Waals surface area (Å²) in [7, 11) is 1.60. The largest absolute Gasteiger partial charge is 0.458 e. The predicted octanol–water partition coefficient (Wildman–Crippen LogP) is 1.42. The summed E-state index contributed by atoms with van der Waals surface area (Å²) >= 11 is 0. The third-order valence-electron chi connectivity index (χ3n) is 7.23. The van der Waals surface area contributed by atoms with Gasteiger partial charge >= 0.3 is 5.97 Å². The summed E-state index contributed by atoms with van der Waals surface area (Å²) in [5.41, 5.74) is 1.61. The van der Waals surface area contributed by atoms with Crippen LogP contribution in [0.25, 0.3) is 0 Å². The summed E-state index contributed by atoms with van der Waals surface area (Å²) in [6, 6.07) is 14.1. The Morgan fingerprint density at radius 3 is 2.16 bits per heavy atom. The van der Waals surface area contributed by atoms with E-state index < -0.39 is 66.5 Å². The number of hydrogen-bond donors (Lipinski definition) is 6. The van der Waals surface area contributed by atoms with Crippen molar-refractivity contribution in [2.24, 2.45) is 0 Å². The minimum Gasteiger partial charge on any atom is -0.458 e.